The molecule has 0 N–H and O–H groups in total. The predicted octanol–water partition coefficient (Wildman–Crippen LogP) is 5.13. The minimum atomic E-state index is 0. The highest BCUT2D eigenvalue weighted by Gasteiger charge is 1.80. The topological polar surface area (TPSA) is 0 Å². The fraction of sp³-hybridized carbons (Fsp3) is 1.00. The second-order valence-corrected chi connectivity index (χ2v) is 2.80. The lowest BCUT2D eigenvalue weighted by Gasteiger charge is -1.90. The van der Waals surface area contributed by atoms with Crippen LogP contribution in [0.25, 0.3) is 0 Å². The zero-order valence-electron chi connectivity index (χ0n) is 7.70. The van der Waals surface area contributed by atoms with Crippen molar-refractivity contribution in [1.82, 2.24) is 0 Å². The molecule has 0 nitrogen and oxygen atoms in total. The second kappa shape index (κ2) is 22.5. The van der Waals surface area contributed by atoms with E-state index in [0.717, 1.165) is 5.92 Å². The normalized spacial score (nSPS) is 7.09. The molecule has 0 aliphatic rings. The zero-order chi connectivity index (χ0) is 7.70. The van der Waals surface area contributed by atoms with Gasteiger partial charge >= 0.3 is 0 Å². The SMILES string of the molecule is C.C.CCC(C)C.CCCC. The van der Waals surface area contributed by atoms with Crippen molar-refractivity contribution in [3.8, 4) is 0 Å². The molecule has 0 saturated carbocycles. The molecule has 0 aromatic rings. The van der Waals surface area contributed by atoms with Crippen LogP contribution < -0.4 is 0 Å². The third-order valence-corrected chi connectivity index (χ3v) is 1.32. The third kappa shape index (κ3) is 71.1. The van der Waals surface area contributed by atoms with E-state index in [1.54, 1.807) is 0 Å². The molecule has 0 unspecified atom stereocenters. The lowest BCUT2D eigenvalue weighted by atomic mass is 10.2. The number of hydrogen-bond acceptors (Lipinski definition) is 0. The highest BCUT2D eigenvalue weighted by Crippen LogP contribution is 1.93. The highest BCUT2D eigenvalue weighted by molar-refractivity contribution is 4.32. The lowest BCUT2D eigenvalue weighted by Crippen LogP contribution is -1.77. The molecule has 0 amide bonds. The van der Waals surface area contributed by atoms with E-state index in [9.17, 15) is 0 Å². The van der Waals surface area contributed by atoms with E-state index in [4.69, 9.17) is 0 Å². The standard InChI is InChI=1S/C5H12.C4H10.2CH4/c1-4-5(2)3;1-3-4-2;;/h5H,4H2,1-3H3;3-4H2,1-2H3;2*1H4. The van der Waals surface area contributed by atoms with Gasteiger partial charge in [-0.15, -0.1) is 0 Å². The number of rotatable bonds is 2. The minimum Gasteiger partial charge on any atom is -0.0776 e. The lowest BCUT2D eigenvalue weighted by molar-refractivity contribution is 0.626. The summed E-state index contributed by atoms with van der Waals surface area (Å²) in [6.45, 7) is 11.0. The Hall–Kier alpha value is 0. The van der Waals surface area contributed by atoms with Crippen molar-refractivity contribution in [3.63, 3.8) is 0 Å². The highest BCUT2D eigenvalue weighted by atomic mass is 13.9. The largest absolute Gasteiger partial charge is 0.0776 e. The Morgan fingerprint density at radius 2 is 1.00 bits per heavy atom. The Balaban J connectivity index is -0.0000000383. The molecule has 0 aliphatic heterocycles. The molecule has 0 aliphatic carbocycles. The van der Waals surface area contributed by atoms with Gasteiger partial charge in [0.15, 0.2) is 0 Å². The number of unbranched alkanes of at least 4 members (excludes halogenated alkanes) is 1. The van der Waals surface area contributed by atoms with Gasteiger partial charge in [-0.3, -0.25) is 0 Å². The molecular formula is C11H30. The molecule has 0 saturated heterocycles. The molecule has 0 fully saturated rings. The van der Waals surface area contributed by atoms with E-state index in [1.807, 2.05) is 0 Å². The minimum absolute atomic E-state index is 0. The van der Waals surface area contributed by atoms with E-state index in [1.165, 1.54) is 19.3 Å². The van der Waals surface area contributed by atoms with Crippen molar-refractivity contribution in [2.24, 2.45) is 5.92 Å². The summed E-state index contributed by atoms with van der Waals surface area (Å²) in [4.78, 5) is 0. The maximum atomic E-state index is 2.22. The molecule has 0 bridgehead atoms. The summed E-state index contributed by atoms with van der Waals surface area (Å²) in [5.41, 5.74) is 0. The Bertz CT molecular complexity index is 27.0. The van der Waals surface area contributed by atoms with Gasteiger partial charge in [-0.2, -0.15) is 0 Å². The van der Waals surface area contributed by atoms with Crippen molar-refractivity contribution in [2.45, 2.75) is 68.7 Å². The first kappa shape index (κ1) is 22.4. The zero-order valence-corrected chi connectivity index (χ0v) is 7.70. The van der Waals surface area contributed by atoms with Crippen LogP contribution in [-0.2, 0) is 0 Å². The number of hydrogen-bond donors (Lipinski definition) is 0. The average Bonchev–Trinajstić information content (AvgIpc) is 1.89. The summed E-state index contributed by atoms with van der Waals surface area (Å²) in [5, 5.41) is 0. The summed E-state index contributed by atoms with van der Waals surface area (Å²) in [5.74, 6) is 0.884. The molecule has 0 rings (SSSR count). The maximum Gasteiger partial charge on any atom is -0.0474 e. The molecule has 0 heterocycles. The van der Waals surface area contributed by atoms with Crippen LogP contribution in [0.3, 0.4) is 0 Å². The van der Waals surface area contributed by atoms with Gasteiger partial charge in [0.25, 0.3) is 0 Å². The second-order valence-electron chi connectivity index (χ2n) is 2.80. The Morgan fingerprint density at radius 3 is 1.00 bits per heavy atom. The average molecular weight is 162 g/mol. The summed E-state index contributed by atoms with van der Waals surface area (Å²) >= 11 is 0. The van der Waals surface area contributed by atoms with Crippen molar-refractivity contribution >= 4 is 0 Å². The molecular weight excluding hydrogens is 132 g/mol. The summed E-state index contributed by atoms with van der Waals surface area (Å²) in [6, 6.07) is 0. The predicted molar refractivity (Wildman–Crippen MR) is 59.2 cm³/mol. The van der Waals surface area contributed by atoms with Gasteiger partial charge in [-0.25, -0.2) is 0 Å². The van der Waals surface area contributed by atoms with Gasteiger partial charge in [0.2, 0.25) is 0 Å². The first-order valence-corrected chi connectivity index (χ1v) is 4.18. The molecule has 0 atom stereocenters. The van der Waals surface area contributed by atoms with Crippen molar-refractivity contribution in [3.05, 3.63) is 0 Å². The first-order chi connectivity index (χ1) is 4.18. The van der Waals surface area contributed by atoms with Crippen LogP contribution in [0.1, 0.15) is 68.7 Å². The molecule has 0 radical (unpaired) electrons. The van der Waals surface area contributed by atoms with E-state index in [2.05, 4.69) is 34.6 Å². The fourth-order valence-electron chi connectivity index (χ4n) is 0. The molecule has 11 heavy (non-hydrogen) atoms. The van der Waals surface area contributed by atoms with Crippen molar-refractivity contribution in [1.29, 1.82) is 0 Å². The Kier molecular flexibility index (Phi) is 45.9. The van der Waals surface area contributed by atoms with Gasteiger partial charge in [0.05, 0.1) is 0 Å². The van der Waals surface area contributed by atoms with Gasteiger partial charge in [-0.1, -0.05) is 68.7 Å². The van der Waals surface area contributed by atoms with E-state index in [-0.39, 0.29) is 14.9 Å². The van der Waals surface area contributed by atoms with Crippen LogP contribution >= 0.6 is 0 Å². The summed E-state index contributed by atoms with van der Waals surface area (Å²) in [6.07, 6.45) is 3.94. The summed E-state index contributed by atoms with van der Waals surface area (Å²) in [7, 11) is 0. The van der Waals surface area contributed by atoms with Crippen molar-refractivity contribution in [2.75, 3.05) is 0 Å². The first-order valence-electron chi connectivity index (χ1n) is 4.18. The van der Waals surface area contributed by atoms with Crippen LogP contribution in [0.2, 0.25) is 0 Å². The van der Waals surface area contributed by atoms with Crippen LogP contribution in [0.15, 0.2) is 0 Å². The molecule has 0 aromatic carbocycles. The van der Waals surface area contributed by atoms with Gasteiger partial charge in [0, 0.05) is 0 Å². The Morgan fingerprint density at radius 1 is 0.818 bits per heavy atom. The van der Waals surface area contributed by atoms with Crippen LogP contribution in [-0.4, -0.2) is 0 Å². The van der Waals surface area contributed by atoms with Gasteiger partial charge < -0.3 is 0 Å². The van der Waals surface area contributed by atoms with E-state index in [0.29, 0.717) is 0 Å². The molecule has 0 heteroatoms. The fourth-order valence-corrected chi connectivity index (χ4v) is 0. The van der Waals surface area contributed by atoms with Crippen molar-refractivity contribution < 1.29 is 0 Å². The van der Waals surface area contributed by atoms with Crippen LogP contribution in [0.5, 0.6) is 0 Å². The van der Waals surface area contributed by atoms with Gasteiger partial charge in [0.1, 0.15) is 0 Å². The Labute approximate surface area is 75.4 Å². The maximum absolute atomic E-state index is 2.22. The van der Waals surface area contributed by atoms with Gasteiger partial charge in [-0.05, 0) is 5.92 Å². The van der Waals surface area contributed by atoms with E-state index >= 15 is 0 Å². The quantitative estimate of drug-likeness (QED) is 0.528. The summed E-state index contributed by atoms with van der Waals surface area (Å²) < 4.78 is 0. The molecule has 0 aromatic heterocycles. The molecule has 74 valence electrons. The monoisotopic (exact) mass is 162 g/mol. The van der Waals surface area contributed by atoms with E-state index < -0.39 is 0 Å². The van der Waals surface area contributed by atoms with Crippen LogP contribution in [0, 0.1) is 5.92 Å². The third-order valence-electron chi connectivity index (χ3n) is 1.32. The smallest absolute Gasteiger partial charge is 0.0474 e. The van der Waals surface area contributed by atoms with Crippen LogP contribution in [0.4, 0.5) is 0 Å². The molecule has 0 spiro atoms.